The summed E-state index contributed by atoms with van der Waals surface area (Å²) in [4.78, 5) is 11.3. The largest absolute Gasteiger partial charge is 0.477 e. The third kappa shape index (κ3) is 3.20. The first kappa shape index (κ1) is 17.3. The Labute approximate surface area is 142 Å². The van der Waals surface area contributed by atoms with Gasteiger partial charge in [-0.25, -0.2) is 9.48 Å². The number of rotatable bonds is 3. The second-order valence-electron chi connectivity index (χ2n) is 6.47. The standard InChI is InChI=1S/C17H18F3N3O2/c1-9(2)10-3-5-11(6-4-10)13-7-14(17(18,19)20)23-15(22-13)12(8-21-23)16(24)25/h3-6,8-9,13-14,22H,7H2,1-2H3,(H,24,25)/t13-,14+/m1/s1. The zero-order valence-electron chi connectivity index (χ0n) is 13.7. The highest BCUT2D eigenvalue weighted by Gasteiger charge is 2.47. The van der Waals surface area contributed by atoms with Crippen molar-refractivity contribution in [3.63, 3.8) is 0 Å². The molecule has 0 bridgehead atoms. The van der Waals surface area contributed by atoms with E-state index >= 15 is 0 Å². The monoisotopic (exact) mass is 353 g/mol. The van der Waals surface area contributed by atoms with Crippen LogP contribution in [0.4, 0.5) is 19.0 Å². The molecular weight excluding hydrogens is 335 g/mol. The van der Waals surface area contributed by atoms with E-state index < -0.39 is 24.2 Å². The summed E-state index contributed by atoms with van der Waals surface area (Å²) in [7, 11) is 0. The minimum absolute atomic E-state index is 0.112. The van der Waals surface area contributed by atoms with Crippen molar-refractivity contribution in [3.05, 3.63) is 47.2 Å². The molecule has 2 heterocycles. The molecule has 0 spiro atoms. The molecule has 0 saturated carbocycles. The normalized spacial score (nSPS) is 20.2. The lowest BCUT2D eigenvalue weighted by Crippen LogP contribution is -2.36. The number of nitrogens with zero attached hydrogens (tertiary/aromatic N) is 2. The molecule has 0 amide bonds. The molecule has 0 aliphatic carbocycles. The maximum Gasteiger partial charge on any atom is 0.410 e. The number of fused-ring (bicyclic) bond motifs is 1. The van der Waals surface area contributed by atoms with E-state index in [-0.39, 0.29) is 17.8 Å². The fourth-order valence-corrected chi connectivity index (χ4v) is 3.05. The van der Waals surface area contributed by atoms with Gasteiger partial charge in [0.05, 0.1) is 12.2 Å². The second kappa shape index (κ2) is 6.09. The lowest BCUT2D eigenvalue weighted by molar-refractivity contribution is -0.173. The summed E-state index contributed by atoms with van der Waals surface area (Å²) in [5, 5.41) is 15.8. The number of nitrogens with one attached hydrogen (secondary N) is 1. The number of benzene rings is 1. The molecule has 5 nitrogen and oxygen atoms in total. The minimum Gasteiger partial charge on any atom is -0.477 e. The Morgan fingerprint density at radius 3 is 2.48 bits per heavy atom. The number of aromatic nitrogens is 2. The average molecular weight is 353 g/mol. The van der Waals surface area contributed by atoms with Crippen molar-refractivity contribution >= 4 is 11.8 Å². The van der Waals surface area contributed by atoms with Gasteiger partial charge in [0.2, 0.25) is 0 Å². The van der Waals surface area contributed by atoms with Crippen LogP contribution in [0.3, 0.4) is 0 Å². The van der Waals surface area contributed by atoms with Gasteiger partial charge in [0.1, 0.15) is 11.4 Å². The van der Waals surface area contributed by atoms with Crippen LogP contribution in [0, 0.1) is 0 Å². The fraction of sp³-hybridized carbons (Fsp3) is 0.412. The van der Waals surface area contributed by atoms with Crippen molar-refractivity contribution in [2.24, 2.45) is 0 Å². The molecule has 0 radical (unpaired) electrons. The number of hydrogen-bond acceptors (Lipinski definition) is 3. The van der Waals surface area contributed by atoms with E-state index in [1.54, 1.807) is 12.1 Å². The van der Waals surface area contributed by atoms with Crippen LogP contribution in [-0.4, -0.2) is 27.0 Å². The van der Waals surface area contributed by atoms with Crippen LogP contribution in [0.1, 0.15) is 59.8 Å². The highest BCUT2D eigenvalue weighted by Crippen LogP contribution is 2.44. The summed E-state index contributed by atoms with van der Waals surface area (Å²) in [5.74, 6) is -1.11. The summed E-state index contributed by atoms with van der Waals surface area (Å²) in [6.45, 7) is 4.07. The van der Waals surface area contributed by atoms with Gasteiger partial charge in [0.25, 0.3) is 0 Å². The Morgan fingerprint density at radius 1 is 1.32 bits per heavy atom. The Kier molecular flexibility index (Phi) is 4.22. The Bertz CT molecular complexity index is 781. The van der Waals surface area contributed by atoms with Crippen LogP contribution in [-0.2, 0) is 0 Å². The van der Waals surface area contributed by atoms with Crippen LogP contribution in [0.2, 0.25) is 0 Å². The van der Waals surface area contributed by atoms with E-state index in [4.69, 9.17) is 0 Å². The molecule has 2 N–H and O–H groups in total. The van der Waals surface area contributed by atoms with Crippen molar-refractivity contribution in [2.75, 3.05) is 5.32 Å². The third-order valence-corrected chi connectivity index (χ3v) is 4.47. The van der Waals surface area contributed by atoms with E-state index in [0.717, 1.165) is 16.4 Å². The quantitative estimate of drug-likeness (QED) is 0.860. The number of anilines is 1. The minimum atomic E-state index is -4.52. The van der Waals surface area contributed by atoms with Crippen LogP contribution in [0.15, 0.2) is 30.5 Å². The lowest BCUT2D eigenvalue weighted by Gasteiger charge is -2.34. The van der Waals surface area contributed by atoms with Crippen LogP contribution in [0.25, 0.3) is 0 Å². The van der Waals surface area contributed by atoms with Crippen LogP contribution >= 0.6 is 0 Å². The third-order valence-electron chi connectivity index (χ3n) is 4.47. The van der Waals surface area contributed by atoms with Crippen molar-refractivity contribution in [1.29, 1.82) is 0 Å². The smallest absolute Gasteiger partial charge is 0.410 e. The van der Waals surface area contributed by atoms with E-state index in [1.807, 2.05) is 26.0 Å². The van der Waals surface area contributed by atoms with Gasteiger partial charge in [-0.15, -0.1) is 0 Å². The molecule has 1 aliphatic heterocycles. The number of halogens is 3. The Morgan fingerprint density at radius 2 is 1.96 bits per heavy atom. The first-order valence-electron chi connectivity index (χ1n) is 7.92. The van der Waals surface area contributed by atoms with Crippen molar-refractivity contribution in [3.8, 4) is 0 Å². The first-order chi connectivity index (χ1) is 11.7. The van der Waals surface area contributed by atoms with Gasteiger partial charge in [-0.3, -0.25) is 0 Å². The molecule has 8 heteroatoms. The molecule has 2 atom stereocenters. The maximum atomic E-state index is 13.5. The first-order valence-corrected chi connectivity index (χ1v) is 7.92. The zero-order valence-corrected chi connectivity index (χ0v) is 13.7. The fourth-order valence-electron chi connectivity index (χ4n) is 3.05. The van der Waals surface area contributed by atoms with E-state index in [0.29, 0.717) is 11.5 Å². The van der Waals surface area contributed by atoms with Gasteiger partial charge in [-0.2, -0.15) is 18.3 Å². The second-order valence-corrected chi connectivity index (χ2v) is 6.47. The molecule has 0 saturated heterocycles. The van der Waals surface area contributed by atoms with Crippen molar-refractivity contribution in [1.82, 2.24) is 9.78 Å². The number of hydrogen-bond donors (Lipinski definition) is 2. The molecule has 2 aromatic rings. The summed E-state index contributed by atoms with van der Waals surface area (Å²) < 4.78 is 41.1. The predicted molar refractivity (Wildman–Crippen MR) is 85.8 cm³/mol. The van der Waals surface area contributed by atoms with Crippen LogP contribution < -0.4 is 5.32 Å². The van der Waals surface area contributed by atoms with Gasteiger partial charge >= 0.3 is 12.1 Å². The number of carboxylic acid groups (broad SMARTS) is 1. The van der Waals surface area contributed by atoms with E-state index in [2.05, 4.69) is 10.4 Å². The van der Waals surface area contributed by atoms with Gasteiger partial charge < -0.3 is 10.4 Å². The van der Waals surface area contributed by atoms with Gasteiger partial charge in [0, 0.05) is 6.42 Å². The summed E-state index contributed by atoms with van der Waals surface area (Å²) >= 11 is 0. The Hall–Kier alpha value is -2.51. The lowest BCUT2D eigenvalue weighted by atomic mass is 9.94. The number of aromatic carboxylic acids is 1. The predicted octanol–water partition coefficient (Wildman–Crippen LogP) is 4.37. The molecule has 3 rings (SSSR count). The topological polar surface area (TPSA) is 67.2 Å². The molecule has 134 valence electrons. The maximum absolute atomic E-state index is 13.5. The summed E-state index contributed by atoms with van der Waals surface area (Å²) in [5.41, 5.74) is 1.50. The molecule has 1 aliphatic rings. The SMILES string of the molecule is CC(C)c1ccc([C@H]2C[C@@H](C(F)(F)F)n3ncc(C(=O)O)c3N2)cc1. The Balaban J connectivity index is 2.00. The summed E-state index contributed by atoms with van der Waals surface area (Å²) in [6, 6.07) is 4.82. The summed E-state index contributed by atoms with van der Waals surface area (Å²) in [6.07, 6.45) is -3.82. The van der Waals surface area contributed by atoms with Gasteiger partial charge in [0.15, 0.2) is 6.04 Å². The number of alkyl halides is 3. The number of carboxylic acids is 1. The molecule has 0 fully saturated rings. The zero-order chi connectivity index (χ0) is 18.4. The molecule has 25 heavy (non-hydrogen) atoms. The van der Waals surface area contributed by atoms with Crippen LogP contribution in [0.5, 0.6) is 0 Å². The molecule has 0 unspecified atom stereocenters. The highest BCUT2D eigenvalue weighted by molar-refractivity contribution is 5.93. The molecule has 1 aromatic carbocycles. The highest BCUT2D eigenvalue weighted by atomic mass is 19.4. The van der Waals surface area contributed by atoms with Gasteiger partial charge in [-0.05, 0) is 17.0 Å². The van der Waals surface area contributed by atoms with Gasteiger partial charge in [-0.1, -0.05) is 38.1 Å². The average Bonchev–Trinajstić information content (AvgIpc) is 2.97. The molecular formula is C17H18F3N3O2. The van der Waals surface area contributed by atoms with E-state index in [1.165, 1.54) is 0 Å². The van der Waals surface area contributed by atoms with Crippen molar-refractivity contribution < 1.29 is 23.1 Å². The van der Waals surface area contributed by atoms with E-state index in [9.17, 15) is 23.1 Å². The molecule has 1 aromatic heterocycles. The van der Waals surface area contributed by atoms with Crippen molar-refractivity contribution in [2.45, 2.75) is 44.4 Å². The number of carbonyl (C=O) groups is 1.